The molecule has 2 atom stereocenters. The summed E-state index contributed by atoms with van der Waals surface area (Å²) in [6, 6.07) is 31.1. The summed E-state index contributed by atoms with van der Waals surface area (Å²) >= 11 is 6.08. The smallest absolute Gasteiger partial charge is 0.215 e. The van der Waals surface area contributed by atoms with Crippen LogP contribution >= 0.6 is 11.6 Å². The molecule has 0 saturated heterocycles. The highest BCUT2D eigenvalue weighted by molar-refractivity contribution is 7.91. The van der Waals surface area contributed by atoms with E-state index in [0.29, 0.717) is 33.1 Å². The number of aromatic nitrogens is 2. The molecule has 13 nitrogen and oxygen atoms in total. The number of sulfone groups is 3. The van der Waals surface area contributed by atoms with Gasteiger partial charge < -0.3 is 24.4 Å². The lowest BCUT2D eigenvalue weighted by Gasteiger charge is -2.22. The lowest BCUT2D eigenvalue weighted by molar-refractivity contribution is -0.131. The van der Waals surface area contributed by atoms with E-state index in [4.69, 9.17) is 25.8 Å². The summed E-state index contributed by atoms with van der Waals surface area (Å²) in [5.41, 5.74) is 5.66. The molecule has 2 aliphatic heterocycles. The number of nitrogens with zero attached hydrogens (tertiary/aromatic N) is 2. The van der Waals surface area contributed by atoms with E-state index in [2.05, 4.69) is 9.97 Å². The fourth-order valence-corrected chi connectivity index (χ4v) is 10.0. The predicted molar refractivity (Wildman–Crippen MR) is 269 cm³/mol. The zero-order valence-corrected chi connectivity index (χ0v) is 43.1. The molecule has 0 amide bonds. The average molecular weight is 1030 g/mol. The van der Waals surface area contributed by atoms with Crippen LogP contribution in [0.3, 0.4) is 0 Å². The minimum atomic E-state index is -3.30. The van der Waals surface area contributed by atoms with Gasteiger partial charge in [-0.3, -0.25) is 9.97 Å². The number of halogens is 2. The summed E-state index contributed by atoms with van der Waals surface area (Å²) in [5.74, 6) is -0.0270. The lowest BCUT2D eigenvalue weighted by atomic mass is 9.87. The third-order valence-corrected chi connectivity index (χ3v) is 14.6. The highest BCUT2D eigenvalue weighted by Crippen LogP contribution is 2.46. The molecule has 0 radical (unpaired) electrons. The number of benzene rings is 4. The first-order chi connectivity index (χ1) is 32.6. The second-order valence-corrected chi connectivity index (χ2v) is 24.3. The second-order valence-electron chi connectivity index (χ2n) is 17.8. The molecule has 0 fully saturated rings. The van der Waals surface area contributed by atoms with E-state index in [0.717, 1.165) is 39.8 Å². The Morgan fingerprint density at radius 3 is 1.56 bits per heavy atom. The first-order valence-electron chi connectivity index (χ1n) is 21.7. The van der Waals surface area contributed by atoms with Gasteiger partial charge in [-0.15, -0.1) is 0 Å². The largest absolute Gasteiger partial charge is 0.490 e. The third kappa shape index (κ3) is 12.8. The van der Waals surface area contributed by atoms with E-state index in [1.165, 1.54) is 36.8 Å². The van der Waals surface area contributed by atoms with E-state index >= 15 is 0 Å². The van der Waals surface area contributed by atoms with Crippen molar-refractivity contribution in [2.75, 3.05) is 18.8 Å². The predicted octanol–water partition coefficient (Wildman–Crippen LogP) is 9.49. The van der Waals surface area contributed by atoms with Crippen LogP contribution in [0.2, 0.25) is 5.02 Å². The van der Waals surface area contributed by atoms with Gasteiger partial charge in [-0.25, -0.2) is 29.6 Å². The van der Waals surface area contributed by atoms with Crippen molar-refractivity contribution in [3.63, 3.8) is 0 Å². The molecule has 370 valence electrons. The van der Waals surface area contributed by atoms with Gasteiger partial charge in [0.25, 0.3) is 0 Å². The Morgan fingerprint density at radius 2 is 1.09 bits per heavy atom. The first-order valence-corrected chi connectivity index (χ1v) is 27.7. The number of pyridine rings is 2. The monoisotopic (exact) mass is 1030 g/mol. The van der Waals surface area contributed by atoms with Gasteiger partial charge in [-0.2, -0.15) is 0 Å². The van der Waals surface area contributed by atoms with Gasteiger partial charge in [-0.05, 0) is 136 Å². The van der Waals surface area contributed by atoms with Crippen molar-refractivity contribution < 1.29 is 54.1 Å². The van der Waals surface area contributed by atoms with Crippen LogP contribution in [0.1, 0.15) is 58.2 Å². The van der Waals surface area contributed by atoms with Crippen molar-refractivity contribution in [3.05, 3.63) is 167 Å². The number of aliphatic hydroxyl groups excluding tert-OH is 2. The van der Waals surface area contributed by atoms with E-state index in [-0.39, 0.29) is 20.8 Å². The molecule has 4 aromatic carbocycles. The maximum atomic E-state index is 13.6. The number of aliphatic hydroxyl groups is 2. The van der Waals surface area contributed by atoms with Crippen molar-refractivity contribution in [3.8, 4) is 22.4 Å². The summed E-state index contributed by atoms with van der Waals surface area (Å²) in [6.45, 7) is 11.0. The topological polar surface area (TPSA) is 196 Å². The molecule has 6 aromatic rings. The average Bonchev–Trinajstić information content (AvgIpc) is 3.66. The van der Waals surface area contributed by atoms with Crippen LogP contribution < -0.4 is 0 Å². The lowest BCUT2D eigenvalue weighted by Crippen LogP contribution is -2.24. The molecule has 0 spiro atoms. The number of hydrogen-bond donors (Lipinski definition) is 2. The Hall–Kier alpha value is -5.63. The second kappa shape index (κ2) is 21.0. The molecule has 0 saturated carbocycles. The summed E-state index contributed by atoms with van der Waals surface area (Å²) in [5, 5.41) is 21.0. The van der Waals surface area contributed by atoms with Crippen LogP contribution in [0.25, 0.3) is 39.1 Å². The van der Waals surface area contributed by atoms with Gasteiger partial charge in [0.2, 0.25) is 6.29 Å². The van der Waals surface area contributed by atoms with Crippen LogP contribution in [0.15, 0.2) is 154 Å². The maximum absolute atomic E-state index is 13.6. The maximum Gasteiger partial charge on any atom is 0.215 e. The van der Waals surface area contributed by atoms with Crippen molar-refractivity contribution in [2.24, 2.45) is 0 Å². The quantitative estimate of drug-likeness (QED) is 0.132. The summed E-state index contributed by atoms with van der Waals surface area (Å²) in [7, 11) is -9.77. The minimum Gasteiger partial charge on any atom is -0.490 e. The molecule has 2 aliphatic rings. The highest BCUT2D eigenvalue weighted by atomic mass is 35.5. The molecule has 18 heteroatoms. The summed E-state index contributed by atoms with van der Waals surface area (Å²) in [6.07, 6.45) is 6.08. The van der Waals surface area contributed by atoms with Crippen molar-refractivity contribution in [2.45, 2.75) is 86.1 Å². The van der Waals surface area contributed by atoms with Crippen LogP contribution in [0, 0.1) is 5.82 Å². The van der Waals surface area contributed by atoms with E-state index in [1.807, 2.05) is 59.7 Å². The zero-order valence-electron chi connectivity index (χ0n) is 39.9. The standard InChI is InChI=1S/C19H19FO4S.C17H13ClN2O2S.C16H22O5S/c1-19(2)17(12-7-9-15(10-8-12)25(3,22)23)16(18(21)24-19)13-5-4-6-14(20)11-13;1-23(21,22)15-6-4-12(5-7-15)16-9-14(18)11-20-17(16)13-3-2-8-19-10-13;1-10(2)20-14-13(16(3,4)21-15(14)17)11-6-8-12(9-7-11)22(5,18)19/h4-11,18,21H,1-3H3;2-11H,1H3;6-10,15,17H,1-5H3. The van der Waals surface area contributed by atoms with Gasteiger partial charge >= 0.3 is 0 Å². The molecule has 4 heterocycles. The number of ether oxygens (including phenoxy) is 3. The van der Waals surface area contributed by atoms with Gasteiger partial charge in [0, 0.05) is 59.6 Å². The molecular weight excluding hydrogens is 979 g/mol. The van der Waals surface area contributed by atoms with Crippen molar-refractivity contribution >= 4 is 57.8 Å². The minimum absolute atomic E-state index is 0.104. The SMILES string of the molecule is CC(C)OC1=C(c2ccc(S(C)(=O)=O)cc2)C(C)(C)OC1O.CC1(C)OC(O)C(c2cccc(F)c2)=C1c1ccc(S(C)(=O)=O)cc1.CS(=O)(=O)c1ccc(-c2cc(Cl)cnc2-c2cccnc2)cc1. The van der Waals surface area contributed by atoms with Gasteiger partial charge in [0.05, 0.1) is 42.7 Å². The molecule has 8 rings (SSSR count). The number of rotatable bonds is 10. The van der Waals surface area contributed by atoms with Gasteiger partial charge in [-0.1, -0.05) is 60.1 Å². The molecule has 2 N–H and O–H groups in total. The first kappa shape index (κ1) is 53.7. The Morgan fingerprint density at radius 1 is 0.614 bits per heavy atom. The zero-order chi connectivity index (χ0) is 51.6. The van der Waals surface area contributed by atoms with Crippen LogP contribution in [-0.2, 0) is 43.7 Å². The van der Waals surface area contributed by atoms with E-state index < -0.39 is 59.1 Å². The highest BCUT2D eigenvalue weighted by Gasteiger charge is 2.43. The fourth-order valence-electron chi connectivity index (χ4n) is 7.97. The van der Waals surface area contributed by atoms with E-state index in [1.54, 1.807) is 91.4 Å². The summed E-state index contributed by atoms with van der Waals surface area (Å²) < 4.78 is 100. The van der Waals surface area contributed by atoms with Gasteiger partial charge in [0.1, 0.15) is 5.82 Å². The van der Waals surface area contributed by atoms with Gasteiger partial charge in [0.15, 0.2) is 41.6 Å². The molecule has 0 aliphatic carbocycles. The van der Waals surface area contributed by atoms with Crippen LogP contribution in [0.5, 0.6) is 0 Å². The van der Waals surface area contributed by atoms with Crippen LogP contribution in [0.4, 0.5) is 4.39 Å². The Balaban J connectivity index is 0.000000173. The summed E-state index contributed by atoms with van der Waals surface area (Å²) in [4.78, 5) is 9.26. The Bertz CT molecular complexity index is 3270. The van der Waals surface area contributed by atoms with Crippen molar-refractivity contribution in [1.82, 2.24) is 9.97 Å². The fraction of sp³-hybridized carbons (Fsp3) is 0.269. The molecular formula is C52H54ClFN2O11S3. The molecule has 70 heavy (non-hydrogen) atoms. The molecule has 2 aromatic heterocycles. The normalized spacial score (nSPS) is 17.7. The Kier molecular flexibility index (Phi) is 16.1. The number of hydrogen-bond acceptors (Lipinski definition) is 13. The van der Waals surface area contributed by atoms with Crippen molar-refractivity contribution in [1.29, 1.82) is 0 Å². The molecule has 2 unspecified atom stereocenters. The molecule has 0 bridgehead atoms. The Labute approximate surface area is 414 Å². The third-order valence-electron chi connectivity index (χ3n) is 11.0. The van der Waals surface area contributed by atoms with Crippen LogP contribution in [-0.4, -0.2) is 94.1 Å². The van der Waals surface area contributed by atoms with E-state index in [9.17, 15) is 39.9 Å².